The van der Waals surface area contributed by atoms with E-state index in [2.05, 4.69) is 47.7 Å². The van der Waals surface area contributed by atoms with E-state index in [0.717, 1.165) is 19.0 Å². The summed E-state index contributed by atoms with van der Waals surface area (Å²) in [5.74, 6) is 1.43. The highest BCUT2D eigenvalue weighted by Gasteiger charge is 2.27. The second kappa shape index (κ2) is 7.04. The zero-order valence-corrected chi connectivity index (χ0v) is 13.0. The largest absolute Gasteiger partial charge is 0.316 e. The second-order valence-electron chi connectivity index (χ2n) is 6.31. The molecular formula is C19H26N2. The van der Waals surface area contributed by atoms with Gasteiger partial charge in [-0.15, -0.1) is 0 Å². The van der Waals surface area contributed by atoms with Crippen molar-refractivity contribution < 1.29 is 0 Å². The minimum absolute atomic E-state index is 0.668. The van der Waals surface area contributed by atoms with E-state index >= 15 is 0 Å². The molecule has 1 N–H and O–H groups in total. The summed E-state index contributed by atoms with van der Waals surface area (Å²) in [6.45, 7) is 4.53. The zero-order valence-electron chi connectivity index (χ0n) is 13.0. The number of aromatic nitrogens is 1. The molecule has 1 saturated carbocycles. The molecule has 1 aromatic carbocycles. The summed E-state index contributed by atoms with van der Waals surface area (Å²) in [7, 11) is 0. The zero-order chi connectivity index (χ0) is 14.5. The Hall–Kier alpha value is -1.41. The number of hydrogen-bond donors (Lipinski definition) is 1. The van der Waals surface area contributed by atoms with E-state index in [1.807, 2.05) is 6.20 Å². The Morgan fingerprint density at radius 1 is 1.14 bits per heavy atom. The Morgan fingerprint density at radius 3 is 2.90 bits per heavy atom. The summed E-state index contributed by atoms with van der Waals surface area (Å²) in [4.78, 5) is 4.50. The first-order valence-corrected chi connectivity index (χ1v) is 8.43. The van der Waals surface area contributed by atoms with Gasteiger partial charge in [-0.25, -0.2) is 0 Å². The van der Waals surface area contributed by atoms with Crippen molar-refractivity contribution in [3.8, 4) is 0 Å². The van der Waals surface area contributed by atoms with E-state index in [1.54, 1.807) is 0 Å². The molecule has 3 rings (SSSR count). The third-order valence-electron chi connectivity index (χ3n) is 4.84. The van der Waals surface area contributed by atoms with Crippen LogP contribution in [-0.4, -0.2) is 18.1 Å². The van der Waals surface area contributed by atoms with Crippen LogP contribution >= 0.6 is 0 Å². The molecule has 1 aromatic heterocycles. The quantitative estimate of drug-likeness (QED) is 0.816. The molecule has 0 radical (unpaired) electrons. The molecule has 1 aliphatic carbocycles. The fraction of sp³-hybridized carbons (Fsp3) is 0.526. The molecule has 0 aliphatic heterocycles. The number of fused-ring (bicyclic) bond motifs is 1. The average Bonchev–Trinajstić information content (AvgIpc) is 2.55. The number of nitrogens with one attached hydrogen (secondary N) is 1. The first kappa shape index (κ1) is 14.5. The van der Waals surface area contributed by atoms with Gasteiger partial charge in [0.15, 0.2) is 0 Å². The lowest BCUT2D eigenvalue weighted by Crippen LogP contribution is -2.30. The van der Waals surface area contributed by atoms with E-state index in [-0.39, 0.29) is 0 Å². The second-order valence-corrected chi connectivity index (χ2v) is 6.31. The van der Waals surface area contributed by atoms with Gasteiger partial charge in [-0.2, -0.15) is 0 Å². The predicted molar refractivity (Wildman–Crippen MR) is 89.6 cm³/mol. The van der Waals surface area contributed by atoms with Gasteiger partial charge >= 0.3 is 0 Å². The van der Waals surface area contributed by atoms with Gasteiger partial charge in [0.05, 0.1) is 0 Å². The Morgan fingerprint density at radius 2 is 2.00 bits per heavy atom. The molecule has 0 saturated heterocycles. The highest BCUT2D eigenvalue weighted by Crippen LogP contribution is 2.39. The van der Waals surface area contributed by atoms with Crippen LogP contribution in [0.3, 0.4) is 0 Å². The van der Waals surface area contributed by atoms with Gasteiger partial charge in [-0.1, -0.05) is 44.0 Å². The predicted octanol–water partition coefficient (Wildman–Crippen LogP) is 4.51. The Kier molecular flexibility index (Phi) is 4.87. The van der Waals surface area contributed by atoms with Crippen LogP contribution < -0.4 is 5.32 Å². The van der Waals surface area contributed by atoms with Crippen molar-refractivity contribution in [3.63, 3.8) is 0 Å². The molecule has 0 amide bonds. The Bertz CT molecular complexity index is 573. The van der Waals surface area contributed by atoms with Gasteiger partial charge in [-0.05, 0) is 55.1 Å². The Labute approximate surface area is 128 Å². The van der Waals surface area contributed by atoms with Crippen LogP contribution in [0.5, 0.6) is 0 Å². The highest BCUT2D eigenvalue weighted by molar-refractivity contribution is 5.85. The van der Waals surface area contributed by atoms with Gasteiger partial charge in [0.1, 0.15) is 0 Å². The van der Waals surface area contributed by atoms with Crippen LogP contribution in [0, 0.1) is 5.92 Å². The van der Waals surface area contributed by atoms with E-state index in [1.165, 1.54) is 48.4 Å². The topological polar surface area (TPSA) is 24.9 Å². The first-order valence-electron chi connectivity index (χ1n) is 8.43. The molecule has 1 heterocycles. The fourth-order valence-electron chi connectivity index (χ4n) is 3.76. The number of rotatable bonds is 5. The number of nitrogens with zero attached hydrogens (tertiary/aromatic N) is 1. The average molecular weight is 282 g/mol. The lowest BCUT2D eigenvalue weighted by molar-refractivity contribution is 0.297. The van der Waals surface area contributed by atoms with Crippen LogP contribution in [0.25, 0.3) is 10.8 Å². The van der Waals surface area contributed by atoms with Gasteiger partial charge in [0.2, 0.25) is 0 Å². The summed E-state index contributed by atoms with van der Waals surface area (Å²) in [5.41, 5.74) is 1.47. The smallest absolute Gasteiger partial charge is 0.0346 e. The maximum atomic E-state index is 4.50. The number of hydrogen-bond acceptors (Lipinski definition) is 2. The molecule has 1 fully saturated rings. The monoisotopic (exact) mass is 282 g/mol. The highest BCUT2D eigenvalue weighted by atomic mass is 14.9. The third kappa shape index (κ3) is 3.26. The van der Waals surface area contributed by atoms with Crippen molar-refractivity contribution in [1.82, 2.24) is 10.3 Å². The molecule has 1 aliphatic rings. The molecule has 0 spiro atoms. The van der Waals surface area contributed by atoms with Gasteiger partial charge < -0.3 is 5.32 Å². The maximum Gasteiger partial charge on any atom is 0.0346 e. The van der Waals surface area contributed by atoms with Crippen LogP contribution in [0.1, 0.15) is 50.5 Å². The van der Waals surface area contributed by atoms with E-state index in [0.29, 0.717) is 5.92 Å². The molecule has 2 nitrogen and oxygen atoms in total. The summed E-state index contributed by atoms with van der Waals surface area (Å²) in [6, 6.07) is 8.70. The van der Waals surface area contributed by atoms with E-state index in [4.69, 9.17) is 0 Å². The normalized spacial score (nSPS) is 22.5. The minimum Gasteiger partial charge on any atom is -0.316 e. The fourth-order valence-corrected chi connectivity index (χ4v) is 3.76. The molecule has 2 unspecified atom stereocenters. The molecule has 2 atom stereocenters. The van der Waals surface area contributed by atoms with Crippen LogP contribution in [0.15, 0.2) is 36.7 Å². The lowest BCUT2D eigenvalue weighted by Gasteiger charge is -2.32. The van der Waals surface area contributed by atoms with Gasteiger partial charge in [-0.3, -0.25) is 4.98 Å². The van der Waals surface area contributed by atoms with Crippen LogP contribution in [0.2, 0.25) is 0 Å². The summed E-state index contributed by atoms with van der Waals surface area (Å²) < 4.78 is 0. The van der Waals surface area contributed by atoms with Crippen molar-refractivity contribution in [3.05, 3.63) is 42.2 Å². The number of pyridine rings is 1. The van der Waals surface area contributed by atoms with Crippen LogP contribution in [0.4, 0.5) is 0 Å². The molecule has 2 aromatic rings. The molecular weight excluding hydrogens is 256 g/mol. The van der Waals surface area contributed by atoms with Crippen molar-refractivity contribution in [2.24, 2.45) is 5.92 Å². The molecule has 2 heteroatoms. The maximum absolute atomic E-state index is 4.50. The van der Waals surface area contributed by atoms with Crippen LogP contribution in [-0.2, 0) is 0 Å². The standard InChI is InChI=1S/C19H26N2/c1-2-11-20-12-15-7-3-5-9-17(15)19-14-21-13-16-8-4-6-10-18(16)19/h4,6,8,10,13-15,17,20H,2-3,5,7,9,11-12H2,1H3. The van der Waals surface area contributed by atoms with Gasteiger partial charge in [0, 0.05) is 17.8 Å². The van der Waals surface area contributed by atoms with Crippen molar-refractivity contribution >= 4 is 10.8 Å². The van der Waals surface area contributed by atoms with Crippen molar-refractivity contribution in [2.45, 2.75) is 44.9 Å². The lowest BCUT2D eigenvalue weighted by atomic mass is 9.75. The third-order valence-corrected chi connectivity index (χ3v) is 4.84. The SMILES string of the molecule is CCCNCC1CCCCC1c1cncc2ccccc12. The molecule has 112 valence electrons. The summed E-state index contributed by atoms with van der Waals surface area (Å²) in [6.07, 6.45) is 10.7. The molecule has 0 bridgehead atoms. The minimum atomic E-state index is 0.668. The van der Waals surface area contributed by atoms with Crippen molar-refractivity contribution in [1.29, 1.82) is 0 Å². The summed E-state index contributed by atoms with van der Waals surface area (Å²) in [5, 5.41) is 6.31. The van der Waals surface area contributed by atoms with E-state index < -0.39 is 0 Å². The van der Waals surface area contributed by atoms with E-state index in [9.17, 15) is 0 Å². The summed E-state index contributed by atoms with van der Waals surface area (Å²) >= 11 is 0. The first-order chi connectivity index (χ1) is 10.4. The Balaban J connectivity index is 1.87. The molecule has 21 heavy (non-hydrogen) atoms. The van der Waals surface area contributed by atoms with Gasteiger partial charge in [0.25, 0.3) is 0 Å². The van der Waals surface area contributed by atoms with Crippen molar-refractivity contribution in [2.75, 3.05) is 13.1 Å². The number of benzene rings is 1.